The second-order valence-electron chi connectivity index (χ2n) is 7.51. The van der Waals surface area contributed by atoms with Crippen LogP contribution in [0.25, 0.3) is 0 Å². The maximum atomic E-state index is 12.7. The predicted octanol–water partition coefficient (Wildman–Crippen LogP) is -0.457. The zero-order chi connectivity index (χ0) is 17.3. The van der Waals surface area contributed by atoms with E-state index in [1.807, 2.05) is 4.90 Å². The molecule has 2 heterocycles. The molecule has 2 atom stereocenters. The van der Waals surface area contributed by atoms with Gasteiger partial charge in [0.15, 0.2) is 6.10 Å². The van der Waals surface area contributed by atoms with Gasteiger partial charge in [-0.3, -0.25) is 0 Å². The van der Waals surface area contributed by atoms with Crippen LogP contribution in [0, 0.1) is 5.41 Å². The maximum Gasteiger partial charge on any atom is 0.407 e. The standard InChI is InChI=1S/C15H21N3O6/c1-24-11(20)10(19)14-6-15(7-14,8-14)18-5-9-4-16(13(22)23)2-3-17(9)12(18)21/h9-10,19H,2-8H2,1H3,(H,22,23)/t9-,10?,14?,15?/m0/s1. The van der Waals surface area contributed by atoms with Crippen LogP contribution in [0.3, 0.4) is 0 Å². The molecular formula is C15H21N3O6. The molecule has 9 heteroatoms. The van der Waals surface area contributed by atoms with Crippen LogP contribution in [0.15, 0.2) is 0 Å². The number of hydrogen-bond donors (Lipinski definition) is 2. The Morgan fingerprint density at radius 3 is 2.50 bits per heavy atom. The summed E-state index contributed by atoms with van der Waals surface area (Å²) < 4.78 is 4.61. The van der Waals surface area contributed by atoms with E-state index in [1.165, 1.54) is 12.0 Å². The van der Waals surface area contributed by atoms with Gasteiger partial charge in [-0.2, -0.15) is 0 Å². The first-order valence-electron chi connectivity index (χ1n) is 8.14. The molecule has 132 valence electrons. The Hall–Kier alpha value is -2.03. The highest BCUT2D eigenvalue weighted by atomic mass is 16.5. The number of esters is 1. The van der Waals surface area contributed by atoms with Crippen molar-refractivity contribution in [3.05, 3.63) is 0 Å². The summed E-state index contributed by atoms with van der Waals surface area (Å²) in [4.78, 5) is 40.3. The summed E-state index contributed by atoms with van der Waals surface area (Å²) in [6.07, 6.45) is -0.278. The fourth-order valence-corrected chi connectivity index (χ4v) is 5.03. The summed E-state index contributed by atoms with van der Waals surface area (Å²) in [5.41, 5.74) is -0.735. The van der Waals surface area contributed by atoms with E-state index >= 15 is 0 Å². The van der Waals surface area contributed by atoms with Crippen LogP contribution in [0.4, 0.5) is 9.59 Å². The molecule has 0 radical (unpaired) electrons. The molecule has 0 aromatic rings. The molecule has 5 rings (SSSR count). The van der Waals surface area contributed by atoms with Gasteiger partial charge in [-0.05, 0) is 19.3 Å². The second kappa shape index (κ2) is 4.75. The highest BCUT2D eigenvalue weighted by Gasteiger charge is 2.76. The van der Waals surface area contributed by atoms with Gasteiger partial charge in [0.2, 0.25) is 0 Å². The van der Waals surface area contributed by atoms with Crippen LogP contribution < -0.4 is 0 Å². The number of hydrogen-bond acceptors (Lipinski definition) is 5. The number of fused-ring (bicyclic) bond motifs is 1. The van der Waals surface area contributed by atoms with E-state index in [9.17, 15) is 19.5 Å². The van der Waals surface area contributed by atoms with Crippen LogP contribution >= 0.6 is 0 Å². The Labute approximate surface area is 138 Å². The zero-order valence-electron chi connectivity index (χ0n) is 13.5. The number of carbonyl (C=O) groups excluding carboxylic acids is 2. The van der Waals surface area contributed by atoms with Crippen molar-refractivity contribution in [3.63, 3.8) is 0 Å². The van der Waals surface area contributed by atoms with Gasteiger partial charge < -0.3 is 29.6 Å². The van der Waals surface area contributed by atoms with Gasteiger partial charge in [0, 0.05) is 37.1 Å². The molecule has 5 aliphatic rings. The molecule has 0 spiro atoms. The topological polar surface area (TPSA) is 111 Å². The first-order chi connectivity index (χ1) is 11.3. The monoisotopic (exact) mass is 339 g/mol. The number of ether oxygens (including phenoxy) is 1. The number of piperazine rings is 1. The number of urea groups is 1. The van der Waals surface area contributed by atoms with Crippen LogP contribution in [0.2, 0.25) is 0 Å². The quantitative estimate of drug-likeness (QED) is 0.674. The van der Waals surface area contributed by atoms with Gasteiger partial charge in [-0.15, -0.1) is 0 Å². The smallest absolute Gasteiger partial charge is 0.407 e. The third kappa shape index (κ3) is 1.81. The van der Waals surface area contributed by atoms with E-state index in [0.29, 0.717) is 45.4 Å². The molecule has 3 aliphatic carbocycles. The van der Waals surface area contributed by atoms with Crippen molar-refractivity contribution in [2.24, 2.45) is 5.41 Å². The molecule has 2 bridgehead atoms. The number of carboxylic acid groups (broad SMARTS) is 1. The molecule has 24 heavy (non-hydrogen) atoms. The Morgan fingerprint density at radius 1 is 1.25 bits per heavy atom. The number of methoxy groups -OCH3 is 1. The molecule has 3 amide bonds. The van der Waals surface area contributed by atoms with Gasteiger partial charge in [0.05, 0.1) is 13.2 Å². The van der Waals surface area contributed by atoms with E-state index in [0.717, 1.165) is 0 Å². The van der Waals surface area contributed by atoms with E-state index in [1.54, 1.807) is 4.90 Å². The van der Waals surface area contributed by atoms with Crippen molar-refractivity contribution >= 4 is 18.1 Å². The van der Waals surface area contributed by atoms with E-state index < -0.39 is 23.6 Å². The average molecular weight is 339 g/mol. The van der Waals surface area contributed by atoms with Gasteiger partial charge in [-0.25, -0.2) is 14.4 Å². The highest BCUT2D eigenvalue weighted by molar-refractivity contribution is 5.81. The Bertz CT molecular complexity index is 603. The van der Waals surface area contributed by atoms with Crippen LogP contribution in [-0.2, 0) is 9.53 Å². The third-order valence-corrected chi connectivity index (χ3v) is 6.24. The van der Waals surface area contributed by atoms with E-state index in [2.05, 4.69) is 4.74 Å². The van der Waals surface area contributed by atoms with Crippen LogP contribution in [0.1, 0.15) is 19.3 Å². The first kappa shape index (κ1) is 15.5. The predicted molar refractivity (Wildman–Crippen MR) is 79.2 cm³/mol. The summed E-state index contributed by atoms with van der Waals surface area (Å²) in [5.74, 6) is -0.620. The molecule has 2 aliphatic heterocycles. The van der Waals surface area contributed by atoms with Crippen molar-refractivity contribution in [1.82, 2.24) is 14.7 Å². The lowest BCUT2D eigenvalue weighted by Crippen LogP contribution is -2.79. The maximum absolute atomic E-state index is 12.7. The number of carbonyl (C=O) groups is 3. The normalized spacial score (nSPS) is 38.2. The number of nitrogens with zero attached hydrogens (tertiary/aromatic N) is 3. The minimum Gasteiger partial charge on any atom is -0.467 e. The number of amides is 3. The fraction of sp³-hybridized carbons (Fsp3) is 0.800. The first-order valence-corrected chi connectivity index (χ1v) is 8.14. The van der Waals surface area contributed by atoms with Crippen molar-refractivity contribution in [2.75, 3.05) is 33.3 Å². The summed E-state index contributed by atoms with van der Waals surface area (Å²) in [5, 5.41) is 19.2. The summed E-state index contributed by atoms with van der Waals surface area (Å²) in [6, 6.07) is -0.163. The lowest BCUT2D eigenvalue weighted by molar-refractivity contribution is -0.250. The molecule has 9 nitrogen and oxygen atoms in total. The fourth-order valence-electron chi connectivity index (χ4n) is 5.03. The van der Waals surface area contributed by atoms with Crippen molar-refractivity contribution in [2.45, 2.75) is 36.9 Å². The lowest BCUT2D eigenvalue weighted by Gasteiger charge is -2.73. The molecular weight excluding hydrogens is 318 g/mol. The van der Waals surface area contributed by atoms with E-state index in [4.69, 9.17) is 5.11 Å². The molecule has 2 N–H and O–H groups in total. The van der Waals surface area contributed by atoms with Gasteiger partial charge in [0.25, 0.3) is 0 Å². The number of aliphatic hydroxyl groups excluding tert-OH is 1. The Balaban J connectivity index is 1.43. The average Bonchev–Trinajstić information content (AvgIpc) is 2.80. The number of aliphatic hydroxyl groups is 1. The molecule has 2 saturated heterocycles. The summed E-state index contributed by atoms with van der Waals surface area (Å²) >= 11 is 0. The Kier molecular flexibility index (Phi) is 3.07. The van der Waals surface area contributed by atoms with Gasteiger partial charge in [-0.1, -0.05) is 0 Å². The van der Waals surface area contributed by atoms with Crippen LogP contribution in [0.5, 0.6) is 0 Å². The van der Waals surface area contributed by atoms with Crippen molar-refractivity contribution in [1.29, 1.82) is 0 Å². The SMILES string of the molecule is COC(=O)C(O)C12CC(N3C[C@@H]4CN(C(=O)O)CCN4C3=O)(C1)C2. The van der Waals surface area contributed by atoms with Crippen molar-refractivity contribution < 1.29 is 29.3 Å². The van der Waals surface area contributed by atoms with Gasteiger partial charge in [0.1, 0.15) is 0 Å². The molecule has 3 saturated carbocycles. The van der Waals surface area contributed by atoms with E-state index in [-0.39, 0.29) is 17.6 Å². The largest absolute Gasteiger partial charge is 0.467 e. The van der Waals surface area contributed by atoms with Gasteiger partial charge >= 0.3 is 18.1 Å². The summed E-state index contributed by atoms with van der Waals surface area (Å²) in [6.45, 7) is 1.60. The molecule has 1 unspecified atom stereocenters. The van der Waals surface area contributed by atoms with Crippen LogP contribution in [-0.4, -0.2) is 94.0 Å². The lowest BCUT2D eigenvalue weighted by atomic mass is 9.37. The zero-order valence-corrected chi connectivity index (χ0v) is 13.5. The molecule has 0 aromatic carbocycles. The Morgan fingerprint density at radius 2 is 1.92 bits per heavy atom. The van der Waals surface area contributed by atoms with Crippen molar-refractivity contribution in [3.8, 4) is 0 Å². The molecule has 0 aromatic heterocycles. The molecule has 5 fully saturated rings. The highest BCUT2D eigenvalue weighted by Crippen LogP contribution is 2.72. The minimum atomic E-state index is -1.13. The second-order valence-corrected chi connectivity index (χ2v) is 7.51. The number of rotatable bonds is 3. The minimum absolute atomic E-state index is 0.0501. The third-order valence-electron chi connectivity index (χ3n) is 6.24. The summed E-state index contributed by atoms with van der Waals surface area (Å²) in [7, 11) is 1.25.